The molecular weight excluding hydrogens is 429 g/mol. The number of imidazole rings is 1. The molecule has 2 aromatic heterocycles. The first-order valence-corrected chi connectivity index (χ1v) is 10.1. The van der Waals surface area contributed by atoms with E-state index in [1.807, 2.05) is 0 Å². The third kappa shape index (κ3) is 5.06. The minimum absolute atomic E-state index is 0.0908. The number of amides is 2. The lowest BCUT2D eigenvalue weighted by atomic mass is 10.1. The van der Waals surface area contributed by atoms with E-state index < -0.39 is 30.3 Å². The molecule has 9 nitrogen and oxygen atoms in total. The molecule has 1 atom stereocenters. The fourth-order valence-electron chi connectivity index (χ4n) is 3.20. The summed E-state index contributed by atoms with van der Waals surface area (Å²) in [5, 5.41) is 12.7. The van der Waals surface area contributed by atoms with Gasteiger partial charge in [-0.25, -0.2) is 9.61 Å². The van der Waals surface area contributed by atoms with E-state index in [9.17, 15) is 22.8 Å². The Labute approximate surface area is 180 Å². The molecule has 3 N–H and O–H groups in total. The van der Waals surface area contributed by atoms with Gasteiger partial charge in [-0.05, 0) is 35.7 Å². The van der Waals surface area contributed by atoms with Crippen LogP contribution in [0.2, 0.25) is 0 Å². The van der Waals surface area contributed by atoms with Gasteiger partial charge in [-0.1, -0.05) is 18.1 Å². The maximum absolute atomic E-state index is 12.6. The van der Waals surface area contributed by atoms with Crippen molar-refractivity contribution in [3.05, 3.63) is 41.0 Å². The number of nitrogens with one attached hydrogen (secondary N) is 3. The molecule has 4 rings (SSSR count). The predicted octanol–water partition coefficient (Wildman–Crippen LogP) is 2.96. The second-order valence-electron chi connectivity index (χ2n) is 7.91. The molecule has 0 aliphatic heterocycles. The van der Waals surface area contributed by atoms with Crippen LogP contribution < -0.4 is 10.6 Å². The van der Waals surface area contributed by atoms with Crippen LogP contribution in [0.1, 0.15) is 59.7 Å². The van der Waals surface area contributed by atoms with Gasteiger partial charge >= 0.3 is 6.18 Å². The SMILES string of the molecule is CC(CC(=O)NCc1ccc2nc(CNC(=O)c3nonc3C3CC3)[nH]c2c1)C(F)(F)F. The van der Waals surface area contributed by atoms with Crippen LogP contribution in [0, 0.1) is 5.92 Å². The van der Waals surface area contributed by atoms with Crippen LogP contribution in [0.25, 0.3) is 11.0 Å². The Morgan fingerprint density at radius 3 is 2.72 bits per heavy atom. The van der Waals surface area contributed by atoms with Crippen LogP contribution in [0.4, 0.5) is 13.2 Å². The van der Waals surface area contributed by atoms with Crippen LogP contribution in [-0.4, -0.2) is 38.3 Å². The van der Waals surface area contributed by atoms with Gasteiger partial charge in [0.05, 0.1) is 23.5 Å². The summed E-state index contributed by atoms with van der Waals surface area (Å²) in [5.74, 6) is -2.04. The topological polar surface area (TPSA) is 126 Å². The maximum atomic E-state index is 12.6. The highest BCUT2D eigenvalue weighted by atomic mass is 19.4. The third-order valence-electron chi connectivity index (χ3n) is 5.24. The van der Waals surface area contributed by atoms with Gasteiger partial charge in [-0.15, -0.1) is 0 Å². The zero-order valence-corrected chi connectivity index (χ0v) is 17.1. The second-order valence-corrected chi connectivity index (χ2v) is 7.91. The van der Waals surface area contributed by atoms with Crippen molar-refractivity contribution in [3.63, 3.8) is 0 Å². The average molecular weight is 450 g/mol. The highest BCUT2D eigenvalue weighted by Crippen LogP contribution is 2.40. The smallest absolute Gasteiger partial charge is 0.352 e. The first-order chi connectivity index (χ1) is 15.2. The Hall–Kier alpha value is -3.44. The number of alkyl halides is 3. The molecule has 2 amide bonds. The quantitative estimate of drug-likeness (QED) is 0.485. The zero-order chi connectivity index (χ0) is 22.9. The largest absolute Gasteiger partial charge is 0.392 e. The van der Waals surface area contributed by atoms with E-state index in [2.05, 4.69) is 35.5 Å². The predicted molar refractivity (Wildman–Crippen MR) is 105 cm³/mol. The van der Waals surface area contributed by atoms with Crippen molar-refractivity contribution in [3.8, 4) is 0 Å². The standard InChI is InChI=1S/C20H21F3N6O3/c1-10(20(21,22)23)6-16(30)24-8-11-2-5-13-14(7-11)27-15(26-13)9-25-19(31)18-17(12-3-4-12)28-32-29-18/h2,5,7,10,12H,3-4,6,8-9H2,1H3,(H,24,30)(H,25,31)(H,26,27). The number of nitrogens with zero attached hydrogens (tertiary/aromatic N) is 3. The Kier molecular flexibility index (Phi) is 5.85. The lowest BCUT2D eigenvalue weighted by Gasteiger charge is -2.15. The summed E-state index contributed by atoms with van der Waals surface area (Å²) in [7, 11) is 0. The molecular formula is C20H21F3N6O3. The third-order valence-corrected chi connectivity index (χ3v) is 5.24. The van der Waals surface area contributed by atoms with Crippen molar-refractivity contribution in [1.29, 1.82) is 0 Å². The first-order valence-electron chi connectivity index (χ1n) is 10.1. The van der Waals surface area contributed by atoms with Crippen LogP contribution >= 0.6 is 0 Å². The average Bonchev–Trinajstić information content (AvgIpc) is 3.31. The molecule has 12 heteroatoms. The van der Waals surface area contributed by atoms with Gasteiger partial charge in [0.2, 0.25) is 5.91 Å². The van der Waals surface area contributed by atoms with Crippen LogP contribution in [0.5, 0.6) is 0 Å². The number of hydrogen-bond acceptors (Lipinski definition) is 6. The maximum Gasteiger partial charge on any atom is 0.392 e. The second kappa shape index (κ2) is 8.60. The number of fused-ring (bicyclic) bond motifs is 1. The van der Waals surface area contributed by atoms with Gasteiger partial charge < -0.3 is 15.6 Å². The molecule has 1 aliphatic carbocycles. The normalized spacial score (nSPS) is 15.0. The fourth-order valence-corrected chi connectivity index (χ4v) is 3.20. The fraction of sp³-hybridized carbons (Fsp3) is 0.450. The molecule has 32 heavy (non-hydrogen) atoms. The summed E-state index contributed by atoms with van der Waals surface area (Å²) in [4.78, 5) is 31.6. The van der Waals surface area contributed by atoms with Gasteiger partial charge in [-0.2, -0.15) is 13.2 Å². The number of carbonyl (C=O) groups is 2. The number of rotatable bonds is 8. The molecule has 0 spiro atoms. The summed E-state index contributed by atoms with van der Waals surface area (Å²) < 4.78 is 42.4. The van der Waals surface area contributed by atoms with E-state index in [0.717, 1.165) is 19.8 Å². The number of H-pyrrole nitrogens is 1. The summed E-state index contributed by atoms with van der Waals surface area (Å²) in [6, 6.07) is 5.19. The van der Waals surface area contributed by atoms with Gasteiger partial charge in [0, 0.05) is 18.9 Å². The van der Waals surface area contributed by atoms with Crippen molar-refractivity contribution >= 4 is 22.8 Å². The number of hydrogen-bond donors (Lipinski definition) is 3. The number of aromatic nitrogens is 4. The first kappa shape index (κ1) is 21.8. The van der Waals surface area contributed by atoms with Crippen molar-refractivity contribution in [1.82, 2.24) is 30.9 Å². The molecule has 1 aliphatic rings. The van der Waals surface area contributed by atoms with Crippen molar-refractivity contribution in [2.24, 2.45) is 5.92 Å². The lowest BCUT2D eigenvalue weighted by molar-refractivity contribution is -0.174. The van der Waals surface area contributed by atoms with Gasteiger partial charge in [0.25, 0.3) is 5.91 Å². The number of aromatic amines is 1. The molecule has 1 aromatic carbocycles. The highest BCUT2D eigenvalue weighted by molar-refractivity contribution is 5.93. The summed E-state index contributed by atoms with van der Waals surface area (Å²) in [5.41, 5.74) is 2.78. The molecule has 0 radical (unpaired) electrons. The van der Waals surface area contributed by atoms with Gasteiger partial charge in [-0.3, -0.25) is 9.59 Å². The van der Waals surface area contributed by atoms with E-state index in [0.29, 0.717) is 28.1 Å². The molecule has 1 unspecified atom stereocenters. The van der Waals surface area contributed by atoms with E-state index >= 15 is 0 Å². The lowest BCUT2D eigenvalue weighted by Crippen LogP contribution is -2.29. The highest BCUT2D eigenvalue weighted by Gasteiger charge is 2.37. The van der Waals surface area contributed by atoms with Crippen LogP contribution in [-0.2, 0) is 17.9 Å². The Balaban J connectivity index is 1.33. The van der Waals surface area contributed by atoms with Gasteiger partial charge in [0.1, 0.15) is 11.5 Å². The monoisotopic (exact) mass is 450 g/mol. The summed E-state index contributed by atoms with van der Waals surface area (Å²) >= 11 is 0. The summed E-state index contributed by atoms with van der Waals surface area (Å²) in [6.45, 7) is 1.20. The van der Waals surface area contributed by atoms with Crippen molar-refractivity contribution < 1.29 is 27.4 Å². The zero-order valence-electron chi connectivity index (χ0n) is 17.1. The Morgan fingerprint density at radius 1 is 1.22 bits per heavy atom. The number of carbonyl (C=O) groups excluding carboxylic acids is 2. The Morgan fingerprint density at radius 2 is 2.00 bits per heavy atom. The Bertz CT molecular complexity index is 1140. The molecule has 1 fully saturated rings. The van der Waals surface area contributed by atoms with Crippen molar-refractivity contribution in [2.45, 2.75) is 51.4 Å². The van der Waals surface area contributed by atoms with E-state index in [4.69, 9.17) is 0 Å². The van der Waals surface area contributed by atoms with Crippen LogP contribution in [0.15, 0.2) is 22.8 Å². The number of halogens is 3. The molecule has 3 aromatic rings. The van der Waals surface area contributed by atoms with Crippen molar-refractivity contribution in [2.75, 3.05) is 0 Å². The van der Waals surface area contributed by atoms with E-state index in [-0.39, 0.29) is 24.7 Å². The summed E-state index contributed by atoms with van der Waals surface area (Å²) in [6.07, 6.45) is -3.10. The molecule has 0 saturated heterocycles. The molecule has 170 valence electrons. The van der Waals surface area contributed by atoms with Gasteiger partial charge in [0.15, 0.2) is 5.69 Å². The molecule has 2 heterocycles. The van der Waals surface area contributed by atoms with E-state index in [1.165, 1.54) is 0 Å². The number of benzene rings is 1. The minimum Gasteiger partial charge on any atom is -0.352 e. The van der Waals surface area contributed by atoms with Crippen LogP contribution in [0.3, 0.4) is 0 Å². The van der Waals surface area contributed by atoms with E-state index in [1.54, 1.807) is 18.2 Å². The molecule has 0 bridgehead atoms. The molecule has 1 saturated carbocycles. The minimum atomic E-state index is -4.40.